The highest BCUT2D eigenvalue weighted by molar-refractivity contribution is 7.81. The Kier molecular flexibility index (Phi) is 3.48. The molecular weight excluding hydrogens is 344 g/mol. The molecule has 0 aliphatic rings. The van der Waals surface area contributed by atoms with Crippen molar-refractivity contribution >= 4 is 44.7 Å². The molecule has 2 N–H and O–H groups in total. The number of hydrogen-bond donors (Lipinski definition) is 1. The molecule has 0 spiro atoms. The van der Waals surface area contributed by atoms with Crippen LogP contribution in [0.25, 0.3) is 26.5 Å². The van der Waals surface area contributed by atoms with E-state index in [4.69, 9.17) is 18.0 Å². The van der Waals surface area contributed by atoms with Crippen molar-refractivity contribution in [1.82, 2.24) is 14.6 Å². The van der Waals surface area contributed by atoms with E-state index >= 15 is 0 Å². The summed E-state index contributed by atoms with van der Waals surface area (Å²) < 4.78 is 1.93. The Bertz CT molecular complexity index is 1020. The van der Waals surface area contributed by atoms with Crippen molar-refractivity contribution in [3.05, 3.63) is 52.6 Å². The zero-order valence-electron chi connectivity index (χ0n) is 12.2. The Labute approximate surface area is 146 Å². The third-order valence-electron chi connectivity index (χ3n) is 3.60. The van der Waals surface area contributed by atoms with Gasteiger partial charge in [0, 0.05) is 28.9 Å². The van der Waals surface area contributed by atoms with Gasteiger partial charge in [-0.1, -0.05) is 36.5 Å². The second kappa shape index (κ2) is 5.52. The molecule has 114 valence electrons. The first-order valence-electron chi connectivity index (χ1n) is 6.93. The zero-order valence-corrected chi connectivity index (χ0v) is 14.6. The van der Waals surface area contributed by atoms with E-state index in [0.717, 1.165) is 37.1 Å². The quantitative estimate of drug-likeness (QED) is 0.561. The maximum atomic E-state index is 5.71. The van der Waals surface area contributed by atoms with E-state index < -0.39 is 0 Å². The Morgan fingerprint density at radius 3 is 2.78 bits per heavy atom. The summed E-state index contributed by atoms with van der Waals surface area (Å²) in [5, 5.41) is 7.55. The molecule has 0 radical (unpaired) electrons. The molecule has 3 heterocycles. The maximum absolute atomic E-state index is 5.71. The number of nitrogens with two attached hydrogens (primary N) is 1. The van der Waals surface area contributed by atoms with Crippen molar-refractivity contribution in [2.24, 2.45) is 5.73 Å². The van der Waals surface area contributed by atoms with E-state index in [-0.39, 0.29) is 0 Å². The number of benzene rings is 1. The normalized spacial score (nSPS) is 11.2. The molecule has 4 nitrogen and oxygen atoms in total. The lowest BCUT2D eigenvalue weighted by Crippen LogP contribution is -2.06. The fraction of sp³-hybridized carbons (Fsp3) is 0.0625. The van der Waals surface area contributed by atoms with Crippen LogP contribution in [-0.2, 0) is 0 Å². The van der Waals surface area contributed by atoms with Gasteiger partial charge in [-0.05, 0) is 12.5 Å². The number of hydrogen-bond acceptors (Lipinski definition) is 5. The summed E-state index contributed by atoms with van der Waals surface area (Å²) in [5.41, 5.74) is 10.1. The Morgan fingerprint density at radius 1 is 1.26 bits per heavy atom. The first kappa shape index (κ1) is 14.5. The molecule has 0 bridgehead atoms. The summed E-state index contributed by atoms with van der Waals surface area (Å²) >= 11 is 8.25. The van der Waals surface area contributed by atoms with E-state index in [9.17, 15) is 0 Å². The monoisotopic (exact) mass is 356 g/mol. The molecule has 0 saturated heterocycles. The molecule has 0 unspecified atom stereocenters. The number of fused-ring (bicyclic) bond motifs is 1. The minimum atomic E-state index is 0.383. The van der Waals surface area contributed by atoms with Crippen LogP contribution in [-0.4, -0.2) is 19.6 Å². The van der Waals surface area contributed by atoms with Gasteiger partial charge in [-0.3, -0.25) is 0 Å². The van der Waals surface area contributed by atoms with Crippen LogP contribution in [0.15, 0.2) is 42.0 Å². The van der Waals surface area contributed by atoms with Gasteiger partial charge in [-0.2, -0.15) is 5.10 Å². The highest BCUT2D eigenvalue weighted by atomic mass is 32.1. The van der Waals surface area contributed by atoms with Crippen molar-refractivity contribution in [3.63, 3.8) is 0 Å². The van der Waals surface area contributed by atoms with Gasteiger partial charge in [0.15, 0.2) is 0 Å². The van der Waals surface area contributed by atoms with Gasteiger partial charge in [0.2, 0.25) is 0 Å². The van der Waals surface area contributed by atoms with Gasteiger partial charge in [0.1, 0.15) is 14.8 Å². The summed E-state index contributed by atoms with van der Waals surface area (Å²) in [6.07, 6.45) is 3.72. The van der Waals surface area contributed by atoms with E-state index in [2.05, 4.69) is 22.2 Å². The fourth-order valence-corrected chi connectivity index (χ4v) is 4.48. The van der Waals surface area contributed by atoms with Crippen LogP contribution >= 0.6 is 34.9 Å². The molecule has 0 amide bonds. The minimum Gasteiger partial charge on any atom is -0.389 e. The molecule has 0 atom stereocenters. The standard InChI is InChI=1S/C16H12N4S3/c1-9-13(16-20(19-9)6-7-22-16)10-4-2-3-5-11(10)15-18-8-12(23-15)14(17)21/h2-8H,1H3,(H2,17,21). The van der Waals surface area contributed by atoms with Gasteiger partial charge in [0.25, 0.3) is 0 Å². The molecule has 0 fully saturated rings. The second-order valence-electron chi connectivity index (χ2n) is 5.05. The van der Waals surface area contributed by atoms with Crippen LogP contribution in [0.4, 0.5) is 0 Å². The molecule has 0 saturated carbocycles. The number of nitrogens with zero attached hydrogens (tertiary/aromatic N) is 3. The Morgan fingerprint density at radius 2 is 2.04 bits per heavy atom. The molecule has 7 heteroatoms. The molecule has 4 rings (SSSR count). The average Bonchev–Trinajstić information content (AvgIpc) is 3.22. The summed E-state index contributed by atoms with van der Waals surface area (Å²) in [6, 6.07) is 8.25. The third kappa shape index (κ3) is 2.37. The van der Waals surface area contributed by atoms with Crippen molar-refractivity contribution in [1.29, 1.82) is 0 Å². The van der Waals surface area contributed by atoms with Crippen molar-refractivity contribution in [2.75, 3.05) is 0 Å². The molecule has 0 aliphatic carbocycles. The van der Waals surface area contributed by atoms with Crippen LogP contribution in [0.2, 0.25) is 0 Å². The van der Waals surface area contributed by atoms with Crippen LogP contribution in [0.5, 0.6) is 0 Å². The number of aryl methyl sites for hydroxylation is 1. The highest BCUT2D eigenvalue weighted by Crippen LogP contribution is 2.38. The third-order valence-corrected chi connectivity index (χ3v) is 5.88. The van der Waals surface area contributed by atoms with Crippen LogP contribution in [0.1, 0.15) is 10.6 Å². The predicted octanol–water partition coefficient (Wildman–Crippen LogP) is 4.13. The van der Waals surface area contributed by atoms with E-state index in [1.165, 1.54) is 11.3 Å². The lowest BCUT2D eigenvalue weighted by atomic mass is 10.0. The zero-order chi connectivity index (χ0) is 16.0. The van der Waals surface area contributed by atoms with Crippen molar-refractivity contribution < 1.29 is 0 Å². The molecule has 1 aromatic carbocycles. The van der Waals surface area contributed by atoms with Crippen molar-refractivity contribution in [3.8, 4) is 21.7 Å². The maximum Gasteiger partial charge on any atom is 0.127 e. The van der Waals surface area contributed by atoms with Crippen LogP contribution in [0.3, 0.4) is 0 Å². The topological polar surface area (TPSA) is 56.2 Å². The number of aromatic nitrogens is 3. The number of thiazole rings is 2. The van der Waals surface area contributed by atoms with Gasteiger partial charge < -0.3 is 5.73 Å². The summed E-state index contributed by atoms with van der Waals surface area (Å²) in [4.78, 5) is 6.86. The molecule has 0 aliphatic heterocycles. The van der Waals surface area contributed by atoms with Gasteiger partial charge in [-0.15, -0.1) is 22.7 Å². The van der Waals surface area contributed by atoms with Crippen LogP contribution < -0.4 is 5.73 Å². The molecule has 4 aromatic rings. The van der Waals surface area contributed by atoms with Crippen LogP contribution in [0, 0.1) is 6.92 Å². The summed E-state index contributed by atoms with van der Waals surface area (Å²) in [6.45, 7) is 2.04. The second-order valence-corrected chi connectivity index (χ2v) is 7.42. The average molecular weight is 357 g/mol. The summed E-state index contributed by atoms with van der Waals surface area (Å²) in [5.74, 6) is 0. The lowest BCUT2D eigenvalue weighted by Gasteiger charge is -2.06. The van der Waals surface area contributed by atoms with E-state index in [1.54, 1.807) is 17.5 Å². The molecule has 23 heavy (non-hydrogen) atoms. The SMILES string of the molecule is Cc1nn2ccsc2c1-c1ccccc1-c1ncc(C(N)=S)s1. The number of thiocarbonyl (C=S) groups is 1. The first-order valence-corrected chi connectivity index (χ1v) is 9.03. The lowest BCUT2D eigenvalue weighted by molar-refractivity contribution is 0.948. The summed E-state index contributed by atoms with van der Waals surface area (Å²) in [7, 11) is 0. The smallest absolute Gasteiger partial charge is 0.127 e. The first-order chi connectivity index (χ1) is 11.1. The number of rotatable bonds is 3. The predicted molar refractivity (Wildman–Crippen MR) is 100 cm³/mol. The van der Waals surface area contributed by atoms with Crippen molar-refractivity contribution in [2.45, 2.75) is 6.92 Å². The molecule has 3 aromatic heterocycles. The Balaban J connectivity index is 1.95. The Hall–Kier alpha value is -2.09. The minimum absolute atomic E-state index is 0.383. The van der Waals surface area contributed by atoms with Gasteiger partial charge >= 0.3 is 0 Å². The molecular formula is C16H12N4S3. The highest BCUT2D eigenvalue weighted by Gasteiger charge is 2.18. The van der Waals surface area contributed by atoms with E-state index in [0.29, 0.717) is 4.99 Å². The van der Waals surface area contributed by atoms with Gasteiger partial charge in [-0.25, -0.2) is 9.50 Å². The van der Waals surface area contributed by atoms with E-state index in [1.807, 2.05) is 35.1 Å². The fourth-order valence-electron chi connectivity index (χ4n) is 2.60. The van der Waals surface area contributed by atoms with Gasteiger partial charge in [0.05, 0.1) is 10.6 Å². The largest absolute Gasteiger partial charge is 0.389 e.